The minimum Gasteiger partial charge on any atom is -0.478 e. The lowest BCUT2D eigenvalue weighted by molar-refractivity contribution is 0.0667. The van der Waals surface area contributed by atoms with Gasteiger partial charge in [0.05, 0.1) is 33.4 Å². The molecule has 3 rings (SSSR count). The Morgan fingerprint density at radius 1 is 0.417 bits per heavy atom. The van der Waals surface area contributed by atoms with Crippen molar-refractivity contribution in [2.45, 2.75) is 0 Å². The highest BCUT2D eigenvalue weighted by Crippen LogP contribution is 2.29. The van der Waals surface area contributed by atoms with E-state index in [1.165, 1.54) is 0 Å². The maximum atomic E-state index is 11.4. The fourth-order valence-electron chi connectivity index (χ4n) is 3.02. The number of rotatable bonds is 7. The second kappa shape index (κ2) is 11.1. The largest absolute Gasteiger partial charge is 0.478 e. The van der Waals surface area contributed by atoms with Crippen LogP contribution in [0.4, 0.5) is 0 Å². The van der Waals surface area contributed by atoms with Crippen molar-refractivity contribution in [1.82, 2.24) is 0 Å². The van der Waals surface area contributed by atoms with Gasteiger partial charge in [-0.3, -0.25) is 0 Å². The summed E-state index contributed by atoms with van der Waals surface area (Å²) < 4.78 is 0. The van der Waals surface area contributed by atoms with Gasteiger partial charge in [-0.05, 0) is 35.9 Å². The van der Waals surface area contributed by atoms with E-state index in [1.54, 1.807) is 30.3 Å². The van der Waals surface area contributed by atoms with Crippen molar-refractivity contribution < 1.29 is 59.4 Å². The van der Waals surface area contributed by atoms with E-state index in [0.29, 0.717) is 5.56 Å². The quantitative estimate of drug-likeness (QED) is 0.277. The first-order chi connectivity index (χ1) is 16.8. The summed E-state index contributed by atoms with van der Waals surface area (Å²) in [5.74, 6) is -8.29. The highest BCUT2D eigenvalue weighted by atomic mass is 16.4. The van der Waals surface area contributed by atoms with E-state index in [4.69, 9.17) is 20.4 Å². The van der Waals surface area contributed by atoms with Gasteiger partial charge < -0.3 is 30.6 Å². The van der Waals surface area contributed by atoms with Gasteiger partial charge in [0.1, 0.15) is 0 Å². The molecular weight excluding hydrogens is 480 g/mol. The number of hydrogen-bond donors (Lipinski definition) is 6. The minimum atomic E-state index is -1.39. The minimum absolute atomic E-state index is 0.0133. The normalized spacial score (nSPS) is 9.89. The summed E-state index contributed by atoms with van der Waals surface area (Å²) in [5.41, 5.74) is -1.83. The summed E-state index contributed by atoms with van der Waals surface area (Å²) in [6.07, 6.45) is 0. The molecule has 0 atom stereocenters. The predicted octanol–water partition coefficient (Wildman–Crippen LogP) is 3.23. The third kappa shape index (κ3) is 6.29. The highest BCUT2D eigenvalue weighted by molar-refractivity contribution is 6.07. The van der Waals surface area contributed by atoms with Crippen LogP contribution in [0, 0.1) is 0 Å². The molecule has 184 valence electrons. The van der Waals surface area contributed by atoms with Crippen LogP contribution >= 0.6 is 0 Å². The van der Waals surface area contributed by atoms with Crippen LogP contribution < -0.4 is 0 Å². The van der Waals surface area contributed by atoms with Crippen LogP contribution in [0.15, 0.2) is 60.7 Å². The van der Waals surface area contributed by atoms with Crippen LogP contribution in [-0.4, -0.2) is 66.5 Å². The lowest BCUT2D eigenvalue weighted by atomic mass is 9.92. The Kier molecular flexibility index (Phi) is 8.22. The van der Waals surface area contributed by atoms with Crippen LogP contribution in [-0.2, 0) is 0 Å². The Morgan fingerprint density at radius 3 is 1.00 bits per heavy atom. The molecular formula is C24H16O12. The fraction of sp³-hybridized carbons (Fsp3) is 0. The molecule has 0 amide bonds. The molecule has 0 saturated carbocycles. The molecule has 3 aromatic rings. The molecule has 0 spiro atoms. The lowest BCUT2D eigenvalue weighted by Gasteiger charge is -2.11. The average molecular weight is 496 g/mol. The average Bonchev–Trinajstić information content (AvgIpc) is 2.83. The van der Waals surface area contributed by atoms with Crippen molar-refractivity contribution in [3.8, 4) is 11.1 Å². The van der Waals surface area contributed by atoms with Crippen LogP contribution in [0.5, 0.6) is 0 Å². The fourth-order valence-corrected chi connectivity index (χ4v) is 3.02. The summed E-state index contributed by atoms with van der Waals surface area (Å²) in [7, 11) is 0. The van der Waals surface area contributed by atoms with Crippen molar-refractivity contribution in [3.05, 3.63) is 94.0 Å². The van der Waals surface area contributed by atoms with E-state index in [-0.39, 0.29) is 38.9 Å². The molecule has 0 aliphatic rings. The Bertz CT molecular complexity index is 1280. The number of aromatic carboxylic acids is 6. The predicted molar refractivity (Wildman–Crippen MR) is 120 cm³/mol. The molecule has 0 aliphatic carbocycles. The maximum Gasteiger partial charge on any atom is 0.336 e. The molecule has 0 fully saturated rings. The molecule has 3 aromatic carbocycles. The molecule has 0 aliphatic heterocycles. The first-order valence-corrected chi connectivity index (χ1v) is 9.61. The molecule has 12 heteroatoms. The molecule has 36 heavy (non-hydrogen) atoms. The van der Waals surface area contributed by atoms with Gasteiger partial charge >= 0.3 is 35.8 Å². The van der Waals surface area contributed by atoms with Gasteiger partial charge in [0.15, 0.2) is 0 Å². The SMILES string of the molecule is O=C(O)c1cc(C(=O)O)c(-c2ccccc2)c(C(=O)O)c1.O=C(O)c1cc(C(=O)O)cc(C(=O)O)c1. The molecule has 0 radical (unpaired) electrons. The number of carboxylic acids is 6. The van der Waals surface area contributed by atoms with Gasteiger partial charge in [-0.25, -0.2) is 28.8 Å². The van der Waals surface area contributed by atoms with Crippen LogP contribution in [0.25, 0.3) is 11.1 Å². The second-order valence-corrected chi connectivity index (χ2v) is 6.94. The monoisotopic (exact) mass is 496 g/mol. The third-order valence-electron chi connectivity index (χ3n) is 4.58. The van der Waals surface area contributed by atoms with E-state index in [0.717, 1.165) is 30.3 Å². The van der Waals surface area contributed by atoms with E-state index >= 15 is 0 Å². The lowest BCUT2D eigenvalue weighted by Crippen LogP contribution is -2.10. The standard InChI is InChI=1S/C15H10O6.C9H6O6/c16-13(17)9-6-10(14(18)19)12(11(7-9)15(20)21)8-4-2-1-3-5-8;10-7(11)4-1-5(8(12)13)3-6(2-4)9(14)15/h1-7H,(H,16,17)(H,18,19)(H,20,21);1-3H,(H,10,11)(H,12,13)(H,14,15). The van der Waals surface area contributed by atoms with Gasteiger partial charge in [0, 0.05) is 5.56 Å². The van der Waals surface area contributed by atoms with Crippen molar-refractivity contribution in [2.24, 2.45) is 0 Å². The zero-order chi connectivity index (χ0) is 27.2. The van der Waals surface area contributed by atoms with E-state index in [2.05, 4.69) is 0 Å². The van der Waals surface area contributed by atoms with E-state index in [1.807, 2.05) is 0 Å². The topological polar surface area (TPSA) is 224 Å². The molecule has 6 N–H and O–H groups in total. The second-order valence-electron chi connectivity index (χ2n) is 6.94. The summed E-state index contributed by atoms with van der Waals surface area (Å²) >= 11 is 0. The molecule has 0 heterocycles. The van der Waals surface area contributed by atoms with Gasteiger partial charge in [0.25, 0.3) is 0 Å². The zero-order valence-electron chi connectivity index (χ0n) is 17.9. The van der Waals surface area contributed by atoms with Gasteiger partial charge in [-0.1, -0.05) is 30.3 Å². The molecule has 0 saturated heterocycles. The summed E-state index contributed by atoms with van der Waals surface area (Å²) in [6.45, 7) is 0. The van der Waals surface area contributed by atoms with Crippen LogP contribution in [0.1, 0.15) is 62.1 Å². The highest BCUT2D eigenvalue weighted by Gasteiger charge is 2.23. The molecule has 0 aromatic heterocycles. The van der Waals surface area contributed by atoms with E-state index < -0.39 is 35.8 Å². The van der Waals surface area contributed by atoms with E-state index in [9.17, 15) is 39.0 Å². The van der Waals surface area contributed by atoms with Crippen molar-refractivity contribution in [1.29, 1.82) is 0 Å². The van der Waals surface area contributed by atoms with Gasteiger partial charge in [-0.15, -0.1) is 0 Å². The third-order valence-corrected chi connectivity index (χ3v) is 4.58. The first kappa shape index (κ1) is 26.7. The summed E-state index contributed by atoms with van der Waals surface area (Å²) in [6, 6.07) is 12.7. The van der Waals surface area contributed by atoms with Gasteiger partial charge in [-0.2, -0.15) is 0 Å². The Morgan fingerprint density at radius 2 is 0.722 bits per heavy atom. The number of carboxylic acid groups (broad SMARTS) is 6. The number of carbonyl (C=O) groups is 6. The Labute approximate surface area is 200 Å². The Balaban J connectivity index is 0.000000269. The smallest absolute Gasteiger partial charge is 0.336 e. The van der Waals surface area contributed by atoms with Gasteiger partial charge in [0.2, 0.25) is 0 Å². The summed E-state index contributed by atoms with van der Waals surface area (Å²) in [5, 5.41) is 53.3. The Hall–Kier alpha value is -5.52. The van der Waals surface area contributed by atoms with Crippen LogP contribution in [0.3, 0.4) is 0 Å². The maximum absolute atomic E-state index is 11.4. The molecule has 0 unspecified atom stereocenters. The summed E-state index contributed by atoms with van der Waals surface area (Å²) in [4.78, 5) is 65.4. The van der Waals surface area contributed by atoms with Crippen molar-refractivity contribution in [3.63, 3.8) is 0 Å². The zero-order valence-corrected chi connectivity index (χ0v) is 17.9. The van der Waals surface area contributed by atoms with Crippen molar-refractivity contribution in [2.75, 3.05) is 0 Å². The number of hydrogen-bond acceptors (Lipinski definition) is 6. The van der Waals surface area contributed by atoms with Crippen LogP contribution in [0.2, 0.25) is 0 Å². The molecule has 0 bridgehead atoms. The molecule has 12 nitrogen and oxygen atoms in total. The van der Waals surface area contributed by atoms with Crippen molar-refractivity contribution >= 4 is 35.8 Å². The first-order valence-electron chi connectivity index (χ1n) is 9.61. The number of benzene rings is 3.